The number of nitrogens with zero attached hydrogens (tertiary/aromatic N) is 2. The molecule has 0 radical (unpaired) electrons. The molecule has 0 aliphatic carbocycles. The van der Waals surface area contributed by atoms with E-state index in [-0.39, 0.29) is 46.2 Å². The second kappa shape index (κ2) is 15.8. The maximum atomic E-state index is 13.2. The number of carbonyl (C=O) groups is 4. The Morgan fingerprint density at radius 3 is 1.20 bits per heavy atom. The molecule has 2 aliphatic rings. The summed E-state index contributed by atoms with van der Waals surface area (Å²) in [4.78, 5) is 47.8. The molecule has 0 aromatic heterocycles. The molecule has 1 atom stereocenters. The van der Waals surface area contributed by atoms with Gasteiger partial charge in [-0.3, -0.25) is 29.0 Å². The van der Waals surface area contributed by atoms with E-state index in [9.17, 15) is 58.7 Å². The Morgan fingerprint density at radius 1 is 0.551 bits per heavy atom. The Kier molecular flexibility index (Phi) is 13.9. The van der Waals surface area contributed by atoms with Crippen LogP contribution in [0.5, 0.6) is 0 Å². The van der Waals surface area contributed by atoms with Gasteiger partial charge in [-0.25, -0.2) is 39.5 Å². The van der Waals surface area contributed by atoms with E-state index >= 15 is 0 Å². The maximum absolute atomic E-state index is 13.2. The summed E-state index contributed by atoms with van der Waals surface area (Å²) in [6.07, 6.45) is 1.14. The number of benzene rings is 2. The topological polar surface area (TPSA) is 74.8 Å². The van der Waals surface area contributed by atoms with Gasteiger partial charge in [-0.15, -0.1) is 0 Å². The van der Waals surface area contributed by atoms with Crippen LogP contribution in [0.2, 0.25) is 0 Å². The first-order valence-corrected chi connectivity index (χ1v) is 15.0. The first-order valence-electron chi connectivity index (χ1n) is 15.0. The Morgan fingerprint density at radius 2 is 0.918 bits per heavy atom. The summed E-state index contributed by atoms with van der Waals surface area (Å²) < 4.78 is 113. The Hall–Kier alpha value is -3.91. The fraction of sp³-hybridized carbons (Fsp3) is 0.529. The van der Waals surface area contributed by atoms with Gasteiger partial charge in [0.1, 0.15) is 0 Å². The monoisotopic (exact) mass is 712 g/mol. The van der Waals surface area contributed by atoms with Gasteiger partial charge in [-0.2, -0.15) is 0 Å². The number of likely N-dealkylation sites (tertiary alicyclic amines) is 2. The Balaban J connectivity index is 0.000000328. The van der Waals surface area contributed by atoms with E-state index in [4.69, 9.17) is 0 Å². The van der Waals surface area contributed by atoms with Gasteiger partial charge in [0.15, 0.2) is 46.5 Å². The van der Waals surface area contributed by atoms with Crippen LogP contribution in [0.15, 0.2) is 6.07 Å². The highest BCUT2D eigenvalue weighted by Gasteiger charge is 2.41. The minimum absolute atomic E-state index is 0.0347. The molecule has 2 fully saturated rings. The van der Waals surface area contributed by atoms with Gasteiger partial charge in [0, 0.05) is 41.8 Å². The standard InChI is InChI=1S/C10H10F4.C9H15NO2.C8H13NO2.C7H3F5/c1-10(2,3)5-4-6(11)8(13)9(14)7(5)12;1-6-5-7(11)10(8(6)12)9(2,3)4;1-8(2,3)9-6(10)4-5-7(9)11;1-2-3(8)5(10)7(12)6(11)4(2)9/h4H,1-3H3;6H,5H2,1-4H3;4-5H2,1-3H3;1H3. The third kappa shape index (κ3) is 10.3. The van der Waals surface area contributed by atoms with Crippen molar-refractivity contribution < 1.29 is 58.7 Å². The number of amides is 4. The van der Waals surface area contributed by atoms with Crippen molar-refractivity contribution in [1.29, 1.82) is 0 Å². The molecule has 2 aliphatic heterocycles. The zero-order valence-electron chi connectivity index (χ0n) is 29.2. The molecule has 0 spiro atoms. The molecule has 0 bridgehead atoms. The number of rotatable bonds is 0. The van der Waals surface area contributed by atoms with Gasteiger partial charge in [-0.1, -0.05) is 27.7 Å². The molecule has 0 saturated carbocycles. The minimum atomic E-state index is -2.13. The van der Waals surface area contributed by atoms with Gasteiger partial charge < -0.3 is 0 Å². The fourth-order valence-electron chi connectivity index (χ4n) is 4.65. The number of hydrogen-bond donors (Lipinski definition) is 0. The van der Waals surface area contributed by atoms with Crippen molar-refractivity contribution in [2.75, 3.05) is 0 Å². The molecule has 0 N–H and O–H groups in total. The van der Waals surface area contributed by atoms with E-state index in [1.54, 1.807) is 27.7 Å². The number of halogens is 9. The average Bonchev–Trinajstić information content (AvgIpc) is 3.45. The van der Waals surface area contributed by atoms with Crippen molar-refractivity contribution >= 4 is 23.6 Å². The molecular formula is C34H41F9N2O4. The van der Waals surface area contributed by atoms with E-state index in [1.807, 2.05) is 41.5 Å². The van der Waals surface area contributed by atoms with Crippen molar-refractivity contribution in [2.45, 2.75) is 112 Å². The molecule has 2 aromatic carbocycles. The Bertz CT molecular complexity index is 1490. The Labute approximate surface area is 279 Å². The average molecular weight is 713 g/mol. The van der Waals surface area contributed by atoms with E-state index in [1.165, 1.54) is 9.80 Å². The van der Waals surface area contributed by atoms with E-state index < -0.39 is 63.3 Å². The number of carbonyl (C=O) groups excluding carboxylic acids is 4. The number of hydrogen-bond acceptors (Lipinski definition) is 4. The lowest BCUT2D eigenvalue weighted by molar-refractivity contribution is -0.145. The lowest BCUT2D eigenvalue weighted by atomic mass is 9.86. The first-order chi connectivity index (χ1) is 22.0. The molecule has 4 amide bonds. The number of imide groups is 2. The van der Waals surface area contributed by atoms with Crippen LogP contribution in [0.1, 0.15) is 99.6 Å². The third-order valence-corrected chi connectivity index (χ3v) is 7.11. The zero-order valence-corrected chi connectivity index (χ0v) is 29.2. The predicted octanol–water partition coefficient (Wildman–Crippen LogP) is 8.34. The lowest BCUT2D eigenvalue weighted by Gasteiger charge is -2.29. The van der Waals surface area contributed by atoms with E-state index in [2.05, 4.69) is 0 Å². The summed E-state index contributed by atoms with van der Waals surface area (Å²) >= 11 is 0. The molecule has 6 nitrogen and oxygen atoms in total. The second-order valence-corrected chi connectivity index (χ2v) is 14.4. The highest BCUT2D eigenvalue weighted by Crippen LogP contribution is 2.29. The molecule has 1 unspecified atom stereocenters. The normalized spacial score (nSPS) is 16.6. The zero-order chi connectivity index (χ0) is 38.7. The minimum Gasteiger partial charge on any atom is -0.277 e. The van der Waals surface area contributed by atoms with Crippen molar-refractivity contribution in [1.82, 2.24) is 9.80 Å². The largest absolute Gasteiger partial charge is 0.277 e. The highest BCUT2D eigenvalue weighted by atomic mass is 19.2. The molecule has 274 valence electrons. The van der Waals surface area contributed by atoms with Crippen LogP contribution in [0.3, 0.4) is 0 Å². The van der Waals surface area contributed by atoms with Crippen LogP contribution in [-0.4, -0.2) is 44.5 Å². The summed E-state index contributed by atoms with van der Waals surface area (Å²) in [6.45, 7) is 18.6. The van der Waals surface area contributed by atoms with Crippen molar-refractivity contribution in [3.05, 3.63) is 69.5 Å². The van der Waals surface area contributed by atoms with Crippen LogP contribution < -0.4 is 0 Å². The van der Waals surface area contributed by atoms with Gasteiger partial charge in [-0.05, 0) is 65.5 Å². The molecular weight excluding hydrogens is 671 g/mol. The molecule has 49 heavy (non-hydrogen) atoms. The molecule has 2 saturated heterocycles. The second-order valence-electron chi connectivity index (χ2n) is 14.4. The summed E-state index contributed by atoms with van der Waals surface area (Å²) in [7, 11) is 0. The summed E-state index contributed by atoms with van der Waals surface area (Å²) in [5.41, 5.74) is -2.51. The highest BCUT2D eigenvalue weighted by molar-refractivity contribution is 6.04. The molecule has 2 aromatic rings. The predicted molar refractivity (Wildman–Crippen MR) is 162 cm³/mol. The summed E-state index contributed by atoms with van der Waals surface area (Å²) in [6, 6.07) is 0.688. The smallest absolute Gasteiger partial charge is 0.233 e. The lowest BCUT2D eigenvalue weighted by Crippen LogP contribution is -2.45. The van der Waals surface area contributed by atoms with Gasteiger partial charge in [0.25, 0.3) is 0 Å². The summed E-state index contributed by atoms with van der Waals surface area (Å²) in [5, 5.41) is 0. The van der Waals surface area contributed by atoms with Gasteiger partial charge in [0.2, 0.25) is 29.4 Å². The van der Waals surface area contributed by atoms with E-state index in [0.717, 1.165) is 6.92 Å². The summed E-state index contributed by atoms with van der Waals surface area (Å²) in [5.74, 6) is -16.0. The van der Waals surface area contributed by atoms with Crippen LogP contribution >= 0.6 is 0 Å². The quantitative estimate of drug-likeness (QED) is 0.119. The van der Waals surface area contributed by atoms with E-state index in [0.29, 0.717) is 25.3 Å². The van der Waals surface area contributed by atoms with Crippen LogP contribution in [0, 0.1) is 65.2 Å². The fourth-order valence-corrected chi connectivity index (χ4v) is 4.65. The van der Waals surface area contributed by atoms with Crippen molar-refractivity contribution in [2.24, 2.45) is 5.92 Å². The first kappa shape index (κ1) is 43.1. The van der Waals surface area contributed by atoms with Crippen LogP contribution in [0.25, 0.3) is 0 Å². The maximum Gasteiger partial charge on any atom is 0.233 e. The molecule has 4 rings (SSSR count). The van der Waals surface area contributed by atoms with Crippen LogP contribution in [-0.2, 0) is 24.6 Å². The van der Waals surface area contributed by atoms with Gasteiger partial charge in [0.05, 0.1) is 0 Å². The molecule has 15 heteroatoms. The van der Waals surface area contributed by atoms with Crippen molar-refractivity contribution in [3.8, 4) is 0 Å². The van der Waals surface area contributed by atoms with Gasteiger partial charge >= 0.3 is 0 Å². The van der Waals surface area contributed by atoms with Crippen molar-refractivity contribution in [3.63, 3.8) is 0 Å². The third-order valence-electron chi connectivity index (χ3n) is 7.11. The SMILES string of the molecule is CC(C)(C)N1C(=O)CCC1=O.CC(C)(C)c1cc(F)c(F)c(F)c1F.CC1CC(=O)N(C(C)(C)C)C1=O.Cc1c(F)c(F)c(F)c(F)c1F. The molecule has 2 heterocycles. The van der Waals surface area contributed by atoms with Crippen LogP contribution in [0.4, 0.5) is 39.5 Å².